The molecule has 13 heavy (non-hydrogen) atoms. The molecule has 68 valence electrons. The van der Waals surface area contributed by atoms with Gasteiger partial charge in [0.15, 0.2) is 0 Å². The van der Waals surface area contributed by atoms with Crippen LogP contribution in [0.3, 0.4) is 0 Å². The fourth-order valence-electron chi connectivity index (χ4n) is 1.34. The van der Waals surface area contributed by atoms with Gasteiger partial charge in [-0.25, -0.2) is 0 Å². The minimum Gasteiger partial charge on any atom is -0.310 e. The molecule has 1 amide bonds. The molecule has 1 aliphatic rings. The van der Waals surface area contributed by atoms with Crippen LogP contribution in [0.2, 0.25) is 5.02 Å². The second-order valence-electron chi connectivity index (χ2n) is 3.05. The molecule has 0 atom stereocenters. The van der Waals surface area contributed by atoms with Crippen LogP contribution in [0.1, 0.15) is 12.1 Å². The number of aromatic nitrogens is 1. The van der Waals surface area contributed by atoms with Gasteiger partial charge >= 0.3 is 0 Å². The van der Waals surface area contributed by atoms with Crippen molar-refractivity contribution in [3.8, 4) is 0 Å². The first-order valence-electron chi connectivity index (χ1n) is 4.11. The molecule has 0 saturated carbocycles. The Kier molecular flexibility index (Phi) is 1.96. The average Bonchev–Trinajstić information content (AvgIpc) is 2.09. The zero-order valence-electron chi connectivity index (χ0n) is 7.25. The average molecular weight is 197 g/mol. The summed E-state index contributed by atoms with van der Waals surface area (Å²) in [5, 5.41) is 0.570. The number of rotatable bonds is 1. The predicted molar refractivity (Wildman–Crippen MR) is 51.0 cm³/mol. The van der Waals surface area contributed by atoms with Crippen molar-refractivity contribution >= 4 is 23.2 Å². The van der Waals surface area contributed by atoms with Gasteiger partial charge in [-0.15, -0.1) is 0 Å². The molecule has 1 saturated heterocycles. The highest BCUT2D eigenvalue weighted by molar-refractivity contribution is 6.30. The van der Waals surface area contributed by atoms with Gasteiger partial charge in [0.2, 0.25) is 5.91 Å². The molecular formula is C9H9ClN2O. The van der Waals surface area contributed by atoms with Gasteiger partial charge in [0, 0.05) is 19.2 Å². The molecule has 1 fully saturated rings. The van der Waals surface area contributed by atoms with E-state index in [-0.39, 0.29) is 5.91 Å². The Balaban J connectivity index is 2.38. The molecular weight excluding hydrogens is 188 g/mol. The van der Waals surface area contributed by atoms with E-state index in [1.54, 1.807) is 17.2 Å². The Labute approximate surface area is 81.3 Å². The highest BCUT2D eigenvalue weighted by atomic mass is 35.5. The summed E-state index contributed by atoms with van der Waals surface area (Å²) in [5.74, 6) is 0.146. The number of aryl methyl sites for hydroxylation is 1. The van der Waals surface area contributed by atoms with Gasteiger partial charge in [0.1, 0.15) is 0 Å². The lowest BCUT2D eigenvalue weighted by atomic mass is 10.1. The van der Waals surface area contributed by atoms with Gasteiger partial charge in [0.05, 0.1) is 16.4 Å². The molecule has 1 aromatic rings. The summed E-state index contributed by atoms with van der Waals surface area (Å²) in [6.45, 7) is 2.65. The van der Waals surface area contributed by atoms with Crippen LogP contribution >= 0.6 is 11.6 Å². The van der Waals surface area contributed by atoms with Crippen LogP contribution in [0, 0.1) is 6.92 Å². The second kappa shape index (κ2) is 3.00. The molecule has 1 aromatic heterocycles. The van der Waals surface area contributed by atoms with Crippen molar-refractivity contribution in [3.63, 3.8) is 0 Å². The van der Waals surface area contributed by atoms with Gasteiger partial charge in [-0.05, 0) is 13.0 Å². The first-order valence-corrected chi connectivity index (χ1v) is 4.49. The highest BCUT2D eigenvalue weighted by Gasteiger charge is 2.26. The zero-order valence-corrected chi connectivity index (χ0v) is 8.01. The topological polar surface area (TPSA) is 33.2 Å². The van der Waals surface area contributed by atoms with E-state index in [1.165, 1.54) is 0 Å². The molecule has 2 rings (SSSR count). The molecule has 0 bridgehead atoms. The highest BCUT2D eigenvalue weighted by Crippen LogP contribution is 2.26. The molecule has 0 N–H and O–H groups in total. The summed E-state index contributed by atoms with van der Waals surface area (Å²) >= 11 is 5.79. The third-order valence-electron chi connectivity index (χ3n) is 2.17. The number of anilines is 1. The van der Waals surface area contributed by atoms with Crippen molar-refractivity contribution in [1.29, 1.82) is 0 Å². The van der Waals surface area contributed by atoms with Crippen molar-refractivity contribution in [2.24, 2.45) is 0 Å². The minimum atomic E-state index is 0.146. The summed E-state index contributed by atoms with van der Waals surface area (Å²) in [7, 11) is 0. The van der Waals surface area contributed by atoms with E-state index in [0.29, 0.717) is 11.4 Å². The van der Waals surface area contributed by atoms with Crippen LogP contribution in [-0.4, -0.2) is 17.4 Å². The Hall–Kier alpha value is -1.09. The Bertz CT molecular complexity index is 365. The first-order chi connectivity index (χ1) is 6.18. The lowest BCUT2D eigenvalue weighted by molar-refractivity contribution is -0.122. The predicted octanol–water partition coefficient (Wildman–Crippen LogP) is 1.78. The Morgan fingerprint density at radius 3 is 2.92 bits per heavy atom. The number of amides is 1. The normalized spacial score (nSPS) is 15.8. The monoisotopic (exact) mass is 196 g/mol. The number of β-lactam (4-membered cyclic amide) rings is 1. The second-order valence-corrected chi connectivity index (χ2v) is 3.49. The van der Waals surface area contributed by atoms with E-state index in [2.05, 4.69) is 4.98 Å². The van der Waals surface area contributed by atoms with Crippen LogP contribution in [0.4, 0.5) is 5.69 Å². The molecule has 0 spiro atoms. The third kappa shape index (κ3) is 1.40. The largest absolute Gasteiger partial charge is 0.310 e. The fraction of sp³-hybridized carbons (Fsp3) is 0.333. The number of halogens is 1. The van der Waals surface area contributed by atoms with Gasteiger partial charge < -0.3 is 4.90 Å². The van der Waals surface area contributed by atoms with E-state index in [0.717, 1.165) is 17.9 Å². The first kappa shape index (κ1) is 8.51. The van der Waals surface area contributed by atoms with Crippen LogP contribution in [0.25, 0.3) is 0 Å². The number of carbonyl (C=O) groups is 1. The van der Waals surface area contributed by atoms with E-state index in [9.17, 15) is 4.79 Å². The van der Waals surface area contributed by atoms with E-state index in [4.69, 9.17) is 11.6 Å². The van der Waals surface area contributed by atoms with Crippen LogP contribution in [0.15, 0.2) is 12.3 Å². The maximum Gasteiger partial charge on any atom is 0.228 e. The SMILES string of the molecule is Cc1ncc(Cl)cc1N1CCC1=O. The van der Waals surface area contributed by atoms with Crippen molar-refractivity contribution < 1.29 is 4.79 Å². The summed E-state index contributed by atoms with van der Waals surface area (Å²) < 4.78 is 0. The molecule has 3 nitrogen and oxygen atoms in total. The zero-order chi connectivity index (χ0) is 9.42. The number of hydrogen-bond donors (Lipinski definition) is 0. The smallest absolute Gasteiger partial charge is 0.228 e. The quantitative estimate of drug-likeness (QED) is 0.642. The Morgan fingerprint density at radius 2 is 2.38 bits per heavy atom. The van der Waals surface area contributed by atoms with Crippen molar-refractivity contribution in [3.05, 3.63) is 23.0 Å². The van der Waals surface area contributed by atoms with Crippen LogP contribution < -0.4 is 4.90 Å². The third-order valence-corrected chi connectivity index (χ3v) is 2.37. The summed E-state index contributed by atoms with van der Waals surface area (Å²) in [5.41, 5.74) is 1.68. The van der Waals surface area contributed by atoms with E-state index >= 15 is 0 Å². The summed E-state index contributed by atoms with van der Waals surface area (Å²) in [6.07, 6.45) is 2.22. The van der Waals surface area contributed by atoms with Crippen molar-refractivity contribution in [2.75, 3.05) is 11.4 Å². The molecule has 2 heterocycles. The molecule has 0 radical (unpaired) electrons. The molecule has 1 aliphatic heterocycles. The van der Waals surface area contributed by atoms with Crippen LogP contribution in [-0.2, 0) is 4.79 Å². The molecule has 0 unspecified atom stereocenters. The maximum atomic E-state index is 11.1. The number of nitrogens with zero attached hydrogens (tertiary/aromatic N) is 2. The Morgan fingerprint density at radius 1 is 1.62 bits per heavy atom. The number of hydrogen-bond acceptors (Lipinski definition) is 2. The van der Waals surface area contributed by atoms with Gasteiger partial charge in [0.25, 0.3) is 0 Å². The van der Waals surface area contributed by atoms with E-state index < -0.39 is 0 Å². The molecule has 0 aliphatic carbocycles. The number of carbonyl (C=O) groups excluding carboxylic acids is 1. The summed E-state index contributed by atoms with van der Waals surface area (Å²) in [4.78, 5) is 16.9. The summed E-state index contributed by atoms with van der Waals surface area (Å²) in [6, 6.07) is 1.78. The fourth-order valence-corrected chi connectivity index (χ4v) is 1.49. The van der Waals surface area contributed by atoms with Crippen molar-refractivity contribution in [2.45, 2.75) is 13.3 Å². The minimum absolute atomic E-state index is 0.146. The van der Waals surface area contributed by atoms with Gasteiger partial charge in [-0.2, -0.15) is 0 Å². The van der Waals surface area contributed by atoms with Gasteiger partial charge in [-0.1, -0.05) is 11.6 Å². The lowest BCUT2D eigenvalue weighted by Gasteiger charge is -2.31. The maximum absolute atomic E-state index is 11.1. The van der Waals surface area contributed by atoms with Crippen molar-refractivity contribution in [1.82, 2.24) is 4.98 Å². The lowest BCUT2D eigenvalue weighted by Crippen LogP contribution is -2.43. The molecule has 0 aromatic carbocycles. The molecule has 4 heteroatoms. The van der Waals surface area contributed by atoms with Gasteiger partial charge in [-0.3, -0.25) is 9.78 Å². The number of pyridine rings is 1. The van der Waals surface area contributed by atoms with Crippen LogP contribution in [0.5, 0.6) is 0 Å². The standard InChI is InChI=1S/C9H9ClN2O/c1-6-8(4-7(10)5-11-6)12-3-2-9(12)13/h4-5H,2-3H2,1H3. The van der Waals surface area contributed by atoms with E-state index in [1.807, 2.05) is 6.92 Å².